The van der Waals surface area contributed by atoms with Crippen molar-refractivity contribution in [2.24, 2.45) is 7.05 Å². The molecule has 0 radical (unpaired) electrons. The number of rotatable bonds is 7. The fraction of sp³-hybridized carbons (Fsp3) is 0.300. The highest BCUT2D eigenvalue weighted by molar-refractivity contribution is 7.89. The average Bonchev–Trinajstić information content (AvgIpc) is 2.71. The molecule has 1 aromatic heterocycles. The van der Waals surface area contributed by atoms with Crippen molar-refractivity contribution in [3.05, 3.63) is 68.7 Å². The van der Waals surface area contributed by atoms with Crippen LogP contribution in [0.25, 0.3) is 10.9 Å². The zero-order valence-electron chi connectivity index (χ0n) is 16.7. The minimum absolute atomic E-state index is 0.0805. The third-order valence-electron chi connectivity index (χ3n) is 4.81. The van der Waals surface area contributed by atoms with E-state index in [4.69, 9.17) is 27.9 Å². The molecular weight excluding hydrogens is 449 g/mol. The summed E-state index contributed by atoms with van der Waals surface area (Å²) >= 11 is 11.9. The monoisotopic (exact) mass is 469 g/mol. The highest BCUT2D eigenvalue weighted by Crippen LogP contribution is 2.27. The van der Waals surface area contributed by atoms with Gasteiger partial charge in [0.15, 0.2) is 0 Å². The average molecular weight is 470 g/mol. The van der Waals surface area contributed by atoms with Crippen LogP contribution >= 0.6 is 23.2 Å². The molecule has 7 nitrogen and oxygen atoms in total. The van der Waals surface area contributed by atoms with Gasteiger partial charge in [-0.05, 0) is 49.4 Å². The standard InChI is InChI=1S/C20H21Cl2N3O4S/c1-13(19-23-18-9-6-15(22)12-17(18)20(26)24(19)2)25(10-11-29-3)30(27,28)16-7-4-14(21)5-8-16/h4-9,12-13H,10-11H2,1-3H3. The van der Waals surface area contributed by atoms with Gasteiger partial charge in [0, 0.05) is 30.7 Å². The van der Waals surface area contributed by atoms with Crippen molar-refractivity contribution < 1.29 is 13.2 Å². The van der Waals surface area contributed by atoms with Crippen LogP contribution in [0.4, 0.5) is 0 Å². The maximum absolute atomic E-state index is 13.4. The molecule has 0 spiro atoms. The zero-order valence-corrected chi connectivity index (χ0v) is 19.0. The first kappa shape index (κ1) is 22.7. The quantitative estimate of drug-likeness (QED) is 0.527. The summed E-state index contributed by atoms with van der Waals surface area (Å²) in [4.78, 5) is 17.5. The number of nitrogens with zero attached hydrogens (tertiary/aromatic N) is 3. The number of hydrogen-bond acceptors (Lipinski definition) is 5. The van der Waals surface area contributed by atoms with E-state index in [2.05, 4.69) is 4.98 Å². The van der Waals surface area contributed by atoms with Crippen molar-refractivity contribution in [3.8, 4) is 0 Å². The van der Waals surface area contributed by atoms with Gasteiger partial charge in [-0.1, -0.05) is 23.2 Å². The van der Waals surface area contributed by atoms with Crippen molar-refractivity contribution >= 4 is 44.1 Å². The molecule has 1 heterocycles. The third-order valence-corrected chi connectivity index (χ3v) is 7.29. The molecule has 1 atom stereocenters. The summed E-state index contributed by atoms with van der Waals surface area (Å²) in [5.74, 6) is 0.309. The molecule has 10 heteroatoms. The van der Waals surface area contributed by atoms with Gasteiger partial charge in [0.25, 0.3) is 5.56 Å². The van der Waals surface area contributed by atoms with Crippen molar-refractivity contribution in [3.63, 3.8) is 0 Å². The van der Waals surface area contributed by atoms with E-state index in [0.717, 1.165) is 0 Å². The van der Waals surface area contributed by atoms with Crippen LogP contribution in [0.5, 0.6) is 0 Å². The molecule has 3 rings (SSSR count). The smallest absolute Gasteiger partial charge is 0.261 e. The highest BCUT2D eigenvalue weighted by Gasteiger charge is 2.32. The zero-order chi connectivity index (χ0) is 22.1. The molecule has 0 fully saturated rings. The molecule has 1 unspecified atom stereocenters. The predicted molar refractivity (Wildman–Crippen MR) is 118 cm³/mol. The lowest BCUT2D eigenvalue weighted by molar-refractivity contribution is 0.166. The highest BCUT2D eigenvalue weighted by atomic mass is 35.5. The first-order valence-corrected chi connectivity index (χ1v) is 11.3. The Balaban J connectivity index is 2.13. The topological polar surface area (TPSA) is 81.5 Å². The number of ether oxygens (including phenoxy) is 1. The fourth-order valence-corrected chi connectivity index (χ4v) is 5.08. The molecule has 0 saturated carbocycles. The minimum atomic E-state index is -3.91. The van der Waals surface area contributed by atoms with Gasteiger partial charge in [-0.3, -0.25) is 9.36 Å². The van der Waals surface area contributed by atoms with Crippen molar-refractivity contribution in [1.82, 2.24) is 13.9 Å². The van der Waals surface area contributed by atoms with E-state index in [1.165, 1.54) is 40.2 Å². The Labute approximate surface area is 184 Å². The number of methoxy groups -OCH3 is 1. The Morgan fingerprint density at radius 2 is 1.77 bits per heavy atom. The van der Waals surface area contributed by atoms with Crippen LogP contribution in [0, 0.1) is 0 Å². The van der Waals surface area contributed by atoms with Gasteiger partial charge in [-0.15, -0.1) is 0 Å². The van der Waals surface area contributed by atoms with Crippen LogP contribution in [-0.2, 0) is 21.8 Å². The molecule has 0 aliphatic heterocycles. The van der Waals surface area contributed by atoms with E-state index in [1.807, 2.05) is 0 Å². The summed E-state index contributed by atoms with van der Waals surface area (Å²) in [6.07, 6.45) is 0. The maximum Gasteiger partial charge on any atom is 0.261 e. The summed E-state index contributed by atoms with van der Waals surface area (Å²) in [7, 11) is -0.857. The molecule has 30 heavy (non-hydrogen) atoms. The summed E-state index contributed by atoms with van der Waals surface area (Å²) in [5.41, 5.74) is 0.139. The van der Waals surface area contributed by atoms with Crippen LogP contribution < -0.4 is 5.56 Å². The van der Waals surface area contributed by atoms with Crippen LogP contribution in [0.2, 0.25) is 10.0 Å². The normalized spacial score (nSPS) is 13.1. The van der Waals surface area contributed by atoms with E-state index in [-0.39, 0.29) is 23.6 Å². The molecule has 0 saturated heterocycles. The van der Waals surface area contributed by atoms with Gasteiger partial charge in [0.1, 0.15) is 5.82 Å². The molecule has 0 aliphatic carbocycles. The first-order chi connectivity index (χ1) is 14.2. The Morgan fingerprint density at radius 1 is 1.13 bits per heavy atom. The maximum atomic E-state index is 13.4. The van der Waals surface area contributed by atoms with Crippen LogP contribution in [0.15, 0.2) is 52.2 Å². The van der Waals surface area contributed by atoms with E-state index in [1.54, 1.807) is 32.2 Å². The Kier molecular flexibility index (Phi) is 6.84. The van der Waals surface area contributed by atoms with Gasteiger partial charge in [0.2, 0.25) is 10.0 Å². The van der Waals surface area contributed by atoms with Gasteiger partial charge in [-0.25, -0.2) is 13.4 Å². The number of aromatic nitrogens is 2. The SMILES string of the molecule is COCCN(C(C)c1nc2ccc(Cl)cc2c(=O)n1C)S(=O)(=O)c1ccc(Cl)cc1. The Morgan fingerprint density at radius 3 is 2.40 bits per heavy atom. The number of benzene rings is 2. The summed E-state index contributed by atoms with van der Waals surface area (Å²) < 4.78 is 34.5. The minimum Gasteiger partial charge on any atom is -0.383 e. The first-order valence-electron chi connectivity index (χ1n) is 9.09. The number of halogens is 2. The lowest BCUT2D eigenvalue weighted by Gasteiger charge is -2.29. The molecular formula is C20H21Cl2N3O4S. The fourth-order valence-electron chi connectivity index (χ4n) is 3.21. The Hall–Kier alpha value is -1.97. The molecule has 3 aromatic rings. The molecule has 2 aromatic carbocycles. The van der Waals surface area contributed by atoms with E-state index in [0.29, 0.717) is 26.8 Å². The van der Waals surface area contributed by atoms with Gasteiger partial charge in [-0.2, -0.15) is 4.31 Å². The number of hydrogen-bond donors (Lipinski definition) is 0. The molecule has 0 bridgehead atoms. The van der Waals surface area contributed by atoms with Crippen LogP contribution in [-0.4, -0.2) is 42.5 Å². The summed E-state index contributed by atoms with van der Waals surface area (Å²) in [6.45, 7) is 1.94. The molecule has 0 N–H and O–H groups in total. The summed E-state index contributed by atoms with van der Waals surface area (Å²) in [6, 6.07) is 10.0. The lowest BCUT2D eigenvalue weighted by atomic mass is 10.2. The van der Waals surface area contributed by atoms with Crippen molar-refractivity contribution in [2.75, 3.05) is 20.3 Å². The van der Waals surface area contributed by atoms with E-state index < -0.39 is 16.1 Å². The van der Waals surface area contributed by atoms with Crippen LogP contribution in [0.1, 0.15) is 18.8 Å². The molecule has 0 aliphatic rings. The largest absolute Gasteiger partial charge is 0.383 e. The Bertz CT molecular complexity index is 1230. The second kappa shape index (κ2) is 9.03. The third kappa shape index (κ3) is 4.38. The number of sulfonamides is 1. The number of fused-ring (bicyclic) bond motifs is 1. The van der Waals surface area contributed by atoms with Crippen molar-refractivity contribution in [2.45, 2.75) is 17.9 Å². The van der Waals surface area contributed by atoms with Gasteiger partial charge in [0.05, 0.1) is 28.4 Å². The van der Waals surface area contributed by atoms with E-state index in [9.17, 15) is 13.2 Å². The van der Waals surface area contributed by atoms with E-state index >= 15 is 0 Å². The predicted octanol–water partition coefficient (Wildman–Crippen LogP) is 3.64. The second-order valence-electron chi connectivity index (χ2n) is 6.73. The lowest BCUT2D eigenvalue weighted by Crippen LogP contribution is -2.39. The van der Waals surface area contributed by atoms with Crippen molar-refractivity contribution in [1.29, 1.82) is 0 Å². The van der Waals surface area contributed by atoms with Gasteiger partial charge >= 0.3 is 0 Å². The molecule has 160 valence electrons. The van der Waals surface area contributed by atoms with Gasteiger partial charge < -0.3 is 4.74 Å². The summed E-state index contributed by atoms with van der Waals surface area (Å²) in [5, 5.41) is 1.22. The molecule has 0 amide bonds. The van der Waals surface area contributed by atoms with Crippen LogP contribution in [0.3, 0.4) is 0 Å². The second-order valence-corrected chi connectivity index (χ2v) is 9.50.